The van der Waals surface area contributed by atoms with Crippen LogP contribution >= 0.6 is 0 Å². The average Bonchev–Trinajstić information content (AvgIpc) is 2.49. The van der Waals surface area contributed by atoms with E-state index in [1.54, 1.807) is 0 Å². The van der Waals surface area contributed by atoms with Gasteiger partial charge in [-0.15, -0.1) is 0 Å². The highest BCUT2D eigenvalue weighted by molar-refractivity contribution is 5.45. The first-order valence-electron chi connectivity index (χ1n) is 6.80. The van der Waals surface area contributed by atoms with E-state index in [4.69, 9.17) is 20.1 Å². The Bertz CT molecular complexity index is 433. The van der Waals surface area contributed by atoms with Gasteiger partial charge >= 0.3 is 0 Å². The van der Waals surface area contributed by atoms with Gasteiger partial charge in [-0.05, 0) is 18.4 Å². The topological polar surface area (TPSA) is 65.7 Å². The first-order chi connectivity index (χ1) is 9.40. The van der Waals surface area contributed by atoms with Gasteiger partial charge in [-0.2, -0.15) is 0 Å². The Morgan fingerprint density at radius 2 is 2.21 bits per heavy atom. The van der Waals surface area contributed by atoms with Crippen LogP contribution in [-0.2, 0) is 15.9 Å². The molecule has 2 aliphatic heterocycles. The lowest BCUT2D eigenvalue weighted by atomic mass is 9.95. The lowest BCUT2D eigenvalue weighted by molar-refractivity contribution is -0.102. The van der Waals surface area contributed by atoms with Gasteiger partial charge in [-0.3, -0.25) is 11.3 Å². The van der Waals surface area contributed by atoms with E-state index in [0.717, 1.165) is 30.8 Å². The van der Waals surface area contributed by atoms with Crippen molar-refractivity contribution >= 4 is 0 Å². The normalized spacial score (nSPS) is 24.4. The van der Waals surface area contributed by atoms with Crippen LogP contribution in [0.2, 0.25) is 0 Å². The SMILES string of the molecule is NNC(c1cccc2c1OCCC2)C1COCCO1. The summed E-state index contributed by atoms with van der Waals surface area (Å²) in [6.07, 6.45) is 2.05. The Morgan fingerprint density at radius 1 is 1.26 bits per heavy atom. The Labute approximate surface area is 113 Å². The molecule has 3 rings (SSSR count). The smallest absolute Gasteiger partial charge is 0.127 e. The molecule has 0 bridgehead atoms. The molecule has 5 nitrogen and oxygen atoms in total. The molecule has 2 heterocycles. The van der Waals surface area contributed by atoms with Crippen molar-refractivity contribution in [1.29, 1.82) is 0 Å². The first kappa shape index (κ1) is 12.9. The molecule has 3 N–H and O–H groups in total. The maximum absolute atomic E-state index is 5.84. The van der Waals surface area contributed by atoms with Gasteiger partial charge in [-0.1, -0.05) is 18.2 Å². The third-order valence-corrected chi connectivity index (χ3v) is 3.69. The van der Waals surface area contributed by atoms with Gasteiger partial charge in [0, 0.05) is 5.56 Å². The fourth-order valence-electron chi connectivity index (χ4n) is 2.76. The molecule has 0 amide bonds. The monoisotopic (exact) mass is 264 g/mol. The predicted molar refractivity (Wildman–Crippen MR) is 70.9 cm³/mol. The van der Waals surface area contributed by atoms with Crippen molar-refractivity contribution in [2.75, 3.05) is 26.4 Å². The highest BCUT2D eigenvalue weighted by Gasteiger charge is 2.29. The number of nitrogens with one attached hydrogen (secondary N) is 1. The zero-order valence-electron chi connectivity index (χ0n) is 10.9. The van der Waals surface area contributed by atoms with E-state index in [-0.39, 0.29) is 12.1 Å². The summed E-state index contributed by atoms with van der Waals surface area (Å²) in [7, 11) is 0. The summed E-state index contributed by atoms with van der Waals surface area (Å²) in [5.74, 6) is 6.69. The highest BCUT2D eigenvalue weighted by Crippen LogP contribution is 2.34. The molecule has 1 saturated heterocycles. The summed E-state index contributed by atoms with van der Waals surface area (Å²) in [6, 6.07) is 6.11. The minimum absolute atomic E-state index is 0.0734. The summed E-state index contributed by atoms with van der Waals surface area (Å²) >= 11 is 0. The lowest BCUT2D eigenvalue weighted by Crippen LogP contribution is -2.43. The van der Waals surface area contributed by atoms with E-state index in [1.165, 1.54) is 5.56 Å². The van der Waals surface area contributed by atoms with Crippen molar-refractivity contribution in [2.45, 2.75) is 25.0 Å². The molecule has 0 spiro atoms. The number of hydrogen-bond donors (Lipinski definition) is 2. The molecule has 1 aromatic rings. The highest BCUT2D eigenvalue weighted by atomic mass is 16.6. The molecule has 0 radical (unpaired) electrons. The van der Waals surface area contributed by atoms with Crippen molar-refractivity contribution in [3.05, 3.63) is 29.3 Å². The molecular weight excluding hydrogens is 244 g/mol. The number of benzene rings is 1. The van der Waals surface area contributed by atoms with Crippen LogP contribution in [-0.4, -0.2) is 32.5 Å². The Kier molecular flexibility index (Phi) is 3.98. The van der Waals surface area contributed by atoms with Crippen LogP contribution in [0.15, 0.2) is 18.2 Å². The molecule has 0 aliphatic carbocycles. The Morgan fingerprint density at radius 3 is 3.00 bits per heavy atom. The minimum atomic E-state index is -0.103. The van der Waals surface area contributed by atoms with Gasteiger partial charge in [0.25, 0.3) is 0 Å². The van der Waals surface area contributed by atoms with Crippen LogP contribution in [0.4, 0.5) is 0 Å². The van der Waals surface area contributed by atoms with Gasteiger partial charge < -0.3 is 14.2 Å². The van der Waals surface area contributed by atoms with Crippen LogP contribution < -0.4 is 16.0 Å². The molecule has 5 heteroatoms. The van der Waals surface area contributed by atoms with E-state index < -0.39 is 0 Å². The van der Waals surface area contributed by atoms with Crippen LogP contribution in [0.25, 0.3) is 0 Å². The van der Waals surface area contributed by atoms with Gasteiger partial charge in [0.1, 0.15) is 11.9 Å². The number of ether oxygens (including phenoxy) is 3. The van der Waals surface area contributed by atoms with E-state index in [1.807, 2.05) is 6.07 Å². The second-order valence-electron chi connectivity index (χ2n) is 4.92. The van der Waals surface area contributed by atoms with Crippen molar-refractivity contribution < 1.29 is 14.2 Å². The van der Waals surface area contributed by atoms with Crippen molar-refractivity contribution in [3.63, 3.8) is 0 Å². The van der Waals surface area contributed by atoms with Crippen molar-refractivity contribution in [3.8, 4) is 5.75 Å². The maximum Gasteiger partial charge on any atom is 0.127 e. The van der Waals surface area contributed by atoms with E-state index >= 15 is 0 Å². The van der Waals surface area contributed by atoms with Crippen molar-refractivity contribution in [2.24, 2.45) is 5.84 Å². The van der Waals surface area contributed by atoms with Crippen LogP contribution in [0.1, 0.15) is 23.6 Å². The molecule has 2 unspecified atom stereocenters. The molecule has 0 aromatic heterocycles. The largest absolute Gasteiger partial charge is 0.493 e. The first-order valence-corrected chi connectivity index (χ1v) is 6.80. The lowest BCUT2D eigenvalue weighted by Gasteiger charge is -2.32. The number of hydrogen-bond acceptors (Lipinski definition) is 5. The number of para-hydroxylation sites is 1. The summed E-state index contributed by atoms with van der Waals surface area (Å²) in [6.45, 7) is 2.58. The molecule has 2 aliphatic rings. The number of aryl methyl sites for hydroxylation is 1. The third-order valence-electron chi connectivity index (χ3n) is 3.69. The summed E-state index contributed by atoms with van der Waals surface area (Å²) in [5.41, 5.74) is 5.17. The molecule has 19 heavy (non-hydrogen) atoms. The second-order valence-corrected chi connectivity index (χ2v) is 4.92. The van der Waals surface area contributed by atoms with E-state index in [0.29, 0.717) is 19.8 Å². The summed E-state index contributed by atoms with van der Waals surface area (Å²) in [5, 5.41) is 0. The molecular formula is C14H20N2O3. The predicted octanol–water partition coefficient (Wildman–Crippen LogP) is 0.931. The Balaban J connectivity index is 1.90. The summed E-state index contributed by atoms with van der Waals surface area (Å²) in [4.78, 5) is 0. The van der Waals surface area contributed by atoms with Gasteiger partial charge in [0.2, 0.25) is 0 Å². The third kappa shape index (κ3) is 2.60. The molecule has 1 aromatic carbocycles. The molecule has 2 atom stereocenters. The van der Waals surface area contributed by atoms with Crippen LogP contribution in [0, 0.1) is 0 Å². The van der Waals surface area contributed by atoms with Gasteiger partial charge in [0.15, 0.2) is 0 Å². The van der Waals surface area contributed by atoms with E-state index in [9.17, 15) is 0 Å². The van der Waals surface area contributed by atoms with Gasteiger partial charge in [0.05, 0.1) is 32.5 Å². The number of hydrazine groups is 1. The second kappa shape index (κ2) is 5.88. The molecule has 1 fully saturated rings. The van der Waals surface area contributed by atoms with Crippen LogP contribution in [0.5, 0.6) is 5.75 Å². The minimum Gasteiger partial charge on any atom is -0.493 e. The zero-order chi connectivity index (χ0) is 13.1. The quantitative estimate of drug-likeness (QED) is 0.628. The number of rotatable bonds is 3. The molecule has 0 saturated carbocycles. The van der Waals surface area contributed by atoms with Crippen molar-refractivity contribution in [1.82, 2.24) is 5.43 Å². The fourth-order valence-corrected chi connectivity index (χ4v) is 2.76. The zero-order valence-corrected chi connectivity index (χ0v) is 10.9. The standard InChI is InChI=1S/C14H20N2O3/c15-16-13(12-9-17-7-8-18-12)11-5-1-3-10-4-2-6-19-14(10)11/h1,3,5,12-13,16H,2,4,6-9,15H2. The number of fused-ring (bicyclic) bond motifs is 1. The molecule has 104 valence electrons. The average molecular weight is 264 g/mol. The Hall–Kier alpha value is -1.14. The summed E-state index contributed by atoms with van der Waals surface area (Å²) < 4.78 is 17.1. The van der Waals surface area contributed by atoms with Crippen LogP contribution in [0.3, 0.4) is 0 Å². The van der Waals surface area contributed by atoms with Gasteiger partial charge in [-0.25, -0.2) is 0 Å². The number of nitrogens with two attached hydrogens (primary N) is 1. The van der Waals surface area contributed by atoms with E-state index in [2.05, 4.69) is 17.6 Å². The fraction of sp³-hybridized carbons (Fsp3) is 0.571. The maximum atomic E-state index is 5.84.